The van der Waals surface area contributed by atoms with Gasteiger partial charge in [0, 0.05) is 6.92 Å². The zero-order valence-electron chi connectivity index (χ0n) is 13.8. The molecule has 0 saturated heterocycles. The summed E-state index contributed by atoms with van der Waals surface area (Å²) in [4.78, 5) is 23.6. The van der Waals surface area contributed by atoms with Crippen LogP contribution in [-0.4, -0.2) is 18.9 Å². The third-order valence-electron chi connectivity index (χ3n) is 3.51. The first kappa shape index (κ1) is 18.4. The largest absolute Gasteiger partial charge is 0.497 e. The number of hydrogen-bond donors (Lipinski definition) is 2. The molecule has 25 heavy (non-hydrogen) atoms. The molecule has 2 amide bonds. The van der Waals surface area contributed by atoms with Gasteiger partial charge in [-0.05, 0) is 29.8 Å². The van der Waals surface area contributed by atoms with E-state index in [0.717, 1.165) is 12.1 Å². The van der Waals surface area contributed by atoms with E-state index in [-0.39, 0.29) is 12.3 Å². The van der Waals surface area contributed by atoms with E-state index in [1.54, 1.807) is 24.3 Å². The fourth-order valence-corrected chi connectivity index (χ4v) is 2.33. The van der Waals surface area contributed by atoms with Crippen molar-refractivity contribution in [2.24, 2.45) is 0 Å². The van der Waals surface area contributed by atoms with Crippen molar-refractivity contribution in [1.82, 2.24) is 5.32 Å². The Morgan fingerprint density at radius 1 is 1.08 bits per heavy atom. The molecule has 0 aromatic heterocycles. The zero-order valence-corrected chi connectivity index (χ0v) is 13.8. The van der Waals surface area contributed by atoms with Gasteiger partial charge in [0.2, 0.25) is 11.8 Å². The molecule has 5 nitrogen and oxygen atoms in total. The second kappa shape index (κ2) is 8.23. The molecule has 0 aliphatic heterocycles. The Morgan fingerprint density at radius 2 is 1.68 bits per heavy atom. The molecule has 0 fully saturated rings. The highest BCUT2D eigenvalue weighted by Crippen LogP contribution is 2.23. The highest BCUT2D eigenvalue weighted by Gasteiger charge is 2.19. The van der Waals surface area contributed by atoms with Crippen molar-refractivity contribution < 1.29 is 23.1 Å². The first-order valence-corrected chi connectivity index (χ1v) is 7.55. The van der Waals surface area contributed by atoms with Gasteiger partial charge in [-0.15, -0.1) is 0 Å². The normalized spacial score (nSPS) is 11.5. The van der Waals surface area contributed by atoms with Crippen molar-refractivity contribution >= 4 is 17.5 Å². The van der Waals surface area contributed by atoms with Crippen molar-refractivity contribution in [2.75, 3.05) is 12.4 Å². The molecule has 7 heteroatoms. The van der Waals surface area contributed by atoms with Crippen LogP contribution < -0.4 is 15.4 Å². The predicted octanol–water partition coefficient (Wildman–Crippen LogP) is 3.18. The molecule has 2 aromatic rings. The number of carbonyl (C=O) groups excluding carboxylic acids is 2. The maximum absolute atomic E-state index is 13.6. The Labute approximate surface area is 144 Å². The number of carbonyl (C=O) groups is 2. The lowest BCUT2D eigenvalue weighted by atomic mass is 10.0. The van der Waals surface area contributed by atoms with Crippen molar-refractivity contribution in [2.45, 2.75) is 19.4 Å². The van der Waals surface area contributed by atoms with Gasteiger partial charge < -0.3 is 15.4 Å². The standard InChI is InChI=1S/C18H18F2N2O3/c1-11(23)21-16(12-6-8-13(25-2)9-7-12)10-17(24)22-18-14(19)4-3-5-15(18)20/h3-9,16H,10H2,1-2H3,(H,21,23)(H,22,24). The average molecular weight is 348 g/mol. The summed E-state index contributed by atoms with van der Waals surface area (Å²) in [5.74, 6) is -2.06. The summed E-state index contributed by atoms with van der Waals surface area (Å²) in [7, 11) is 1.52. The molecule has 0 spiro atoms. The Hall–Kier alpha value is -2.96. The molecule has 0 radical (unpaired) electrons. The van der Waals surface area contributed by atoms with Gasteiger partial charge in [-0.2, -0.15) is 0 Å². The monoisotopic (exact) mass is 348 g/mol. The van der Waals surface area contributed by atoms with Crippen LogP contribution in [0.4, 0.5) is 14.5 Å². The van der Waals surface area contributed by atoms with E-state index in [1.807, 2.05) is 0 Å². The van der Waals surface area contributed by atoms with Crippen molar-refractivity contribution in [1.29, 1.82) is 0 Å². The van der Waals surface area contributed by atoms with Crippen LogP contribution in [0.1, 0.15) is 24.9 Å². The van der Waals surface area contributed by atoms with Gasteiger partial charge in [0.25, 0.3) is 0 Å². The fourth-order valence-electron chi connectivity index (χ4n) is 2.33. The van der Waals surface area contributed by atoms with Crippen molar-refractivity contribution in [3.8, 4) is 5.75 Å². The lowest BCUT2D eigenvalue weighted by molar-refractivity contribution is -0.120. The minimum absolute atomic E-state index is 0.181. The van der Waals surface area contributed by atoms with Gasteiger partial charge in [0.1, 0.15) is 23.1 Å². The minimum atomic E-state index is -0.867. The molecule has 1 atom stereocenters. The molecule has 0 saturated carbocycles. The Bertz CT molecular complexity index is 743. The third-order valence-corrected chi connectivity index (χ3v) is 3.51. The van der Waals surface area contributed by atoms with Crippen LogP contribution >= 0.6 is 0 Å². The van der Waals surface area contributed by atoms with E-state index in [4.69, 9.17) is 4.74 Å². The number of amides is 2. The molecule has 2 N–H and O–H groups in total. The molecular weight excluding hydrogens is 330 g/mol. The molecule has 1 unspecified atom stereocenters. The van der Waals surface area contributed by atoms with E-state index >= 15 is 0 Å². The lowest BCUT2D eigenvalue weighted by Crippen LogP contribution is -2.30. The number of nitrogens with one attached hydrogen (secondary N) is 2. The van der Waals surface area contributed by atoms with Crippen molar-refractivity contribution in [3.63, 3.8) is 0 Å². The summed E-state index contributed by atoms with van der Waals surface area (Å²) in [6.45, 7) is 1.32. The summed E-state index contributed by atoms with van der Waals surface area (Å²) < 4.78 is 32.3. The molecule has 0 bridgehead atoms. The number of benzene rings is 2. The van der Waals surface area contributed by atoms with Gasteiger partial charge in [-0.25, -0.2) is 8.78 Å². The Kier molecular flexibility index (Phi) is 6.05. The van der Waals surface area contributed by atoms with Crippen LogP contribution in [0.2, 0.25) is 0 Å². The second-order valence-electron chi connectivity index (χ2n) is 5.38. The topological polar surface area (TPSA) is 67.4 Å². The zero-order chi connectivity index (χ0) is 18.4. The van der Waals surface area contributed by atoms with Crippen LogP contribution in [0, 0.1) is 11.6 Å². The van der Waals surface area contributed by atoms with E-state index in [1.165, 1.54) is 20.1 Å². The molecule has 0 aliphatic rings. The average Bonchev–Trinajstić information content (AvgIpc) is 2.57. The maximum atomic E-state index is 13.6. The van der Waals surface area contributed by atoms with Crippen LogP contribution in [0.25, 0.3) is 0 Å². The predicted molar refractivity (Wildman–Crippen MR) is 89.2 cm³/mol. The molecule has 2 aromatic carbocycles. The minimum Gasteiger partial charge on any atom is -0.497 e. The lowest BCUT2D eigenvalue weighted by Gasteiger charge is -2.18. The Balaban J connectivity index is 2.15. The number of anilines is 1. The van der Waals surface area contributed by atoms with Gasteiger partial charge in [0.15, 0.2) is 0 Å². The van der Waals surface area contributed by atoms with E-state index in [0.29, 0.717) is 11.3 Å². The first-order chi connectivity index (χ1) is 11.9. The smallest absolute Gasteiger partial charge is 0.226 e. The van der Waals surface area contributed by atoms with Gasteiger partial charge in [-0.3, -0.25) is 9.59 Å². The van der Waals surface area contributed by atoms with Crippen LogP contribution in [-0.2, 0) is 9.59 Å². The third kappa shape index (κ3) is 5.00. The first-order valence-electron chi connectivity index (χ1n) is 7.55. The van der Waals surface area contributed by atoms with Gasteiger partial charge in [0.05, 0.1) is 19.6 Å². The molecule has 2 rings (SSSR count). The number of halogens is 2. The quantitative estimate of drug-likeness (QED) is 0.843. The highest BCUT2D eigenvalue weighted by atomic mass is 19.1. The molecule has 132 valence electrons. The summed E-state index contributed by atoms with van der Waals surface area (Å²) in [6, 6.07) is 9.46. The van der Waals surface area contributed by atoms with E-state index < -0.39 is 29.3 Å². The van der Waals surface area contributed by atoms with Crippen molar-refractivity contribution in [3.05, 3.63) is 59.7 Å². The number of para-hydroxylation sites is 1. The molecular formula is C18H18F2N2O3. The van der Waals surface area contributed by atoms with E-state index in [2.05, 4.69) is 10.6 Å². The fraction of sp³-hybridized carbons (Fsp3) is 0.222. The summed E-state index contributed by atoms with van der Waals surface area (Å²) >= 11 is 0. The van der Waals surface area contributed by atoms with Crippen LogP contribution in [0.3, 0.4) is 0 Å². The van der Waals surface area contributed by atoms with Gasteiger partial charge >= 0.3 is 0 Å². The molecule has 0 aliphatic carbocycles. The van der Waals surface area contributed by atoms with Gasteiger partial charge in [-0.1, -0.05) is 18.2 Å². The Morgan fingerprint density at radius 3 is 2.20 bits per heavy atom. The highest BCUT2D eigenvalue weighted by molar-refractivity contribution is 5.91. The second-order valence-corrected chi connectivity index (χ2v) is 5.38. The molecule has 0 heterocycles. The van der Waals surface area contributed by atoms with E-state index in [9.17, 15) is 18.4 Å². The summed E-state index contributed by atoms with van der Waals surface area (Å²) in [6.07, 6.45) is -0.181. The number of hydrogen-bond acceptors (Lipinski definition) is 3. The summed E-state index contributed by atoms with van der Waals surface area (Å²) in [5.41, 5.74) is 0.156. The number of ether oxygens (including phenoxy) is 1. The van der Waals surface area contributed by atoms with Crippen LogP contribution in [0.15, 0.2) is 42.5 Å². The number of methoxy groups -OCH3 is 1. The van der Waals surface area contributed by atoms with Crippen LogP contribution in [0.5, 0.6) is 5.75 Å². The summed E-state index contributed by atoms with van der Waals surface area (Å²) in [5, 5.41) is 4.86. The maximum Gasteiger partial charge on any atom is 0.226 e. The number of rotatable bonds is 6. The SMILES string of the molecule is COc1ccc(C(CC(=O)Nc2c(F)cccc2F)NC(C)=O)cc1.